The zero-order valence-electron chi connectivity index (χ0n) is 12.9. The average molecular weight is 490 g/mol. The van der Waals surface area contributed by atoms with Gasteiger partial charge in [0.1, 0.15) is 0 Å². The van der Waals surface area contributed by atoms with Crippen molar-refractivity contribution in [2.45, 2.75) is 19.1 Å². The molecule has 0 bridgehead atoms. The summed E-state index contributed by atoms with van der Waals surface area (Å²) in [7, 11) is 0. The maximum absolute atomic E-state index is 12.4. The largest absolute Gasteiger partial charge is 0.493 e. The number of aryl methyl sites for hydroxylation is 1. The van der Waals surface area contributed by atoms with Crippen molar-refractivity contribution in [3.63, 3.8) is 0 Å². The van der Waals surface area contributed by atoms with Gasteiger partial charge in [0.2, 0.25) is 0 Å². The lowest BCUT2D eigenvalue weighted by Crippen LogP contribution is -2.24. The molecular formula is C17H9Br2F3N2O2. The highest BCUT2D eigenvalue weighted by Crippen LogP contribution is 2.38. The van der Waals surface area contributed by atoms with Crippen LogP contribution >= 0.6 is 31.9 Å². The molecule has 0 saturated carbocycles. The number of fused-ring (bicyclic) bond motifs is 3. The summed E-state index contributed by atoms with van der Waals surface area (Å²) >= 11 is 6.90. The highest BCUT2D eigenvalue weighted by molar-refractivity contribution is 9.10. The van der Waals surface area contributed by atoms with Gasteiger partial charge in [-0.1, -0.05) is 37.0 Å². The highest BCUT2D eigenvalue weighted by Gasteiger charge is 2.42. The Morgan fingerprint density at radius 1 is 1.12 bits per heavy atom. The van der Waals surface area contributed by atoms with E-state index in [2.05, 4.69) is 46.4 Å². The van der Waals surface area contributed by atoms with Crippen LogP contribution in [0.4, 0.5) is 13.2 Å². The van der Waals surface area contributed by atoms with Gasteiger partial charge in [0, 0.05) is 43.8 Å². The SMILES string of the molecule is O=C(O/N=C1\CCn2c3ccc(Br)cc3c3cc(Br)cc1c32)C(F)(F)F. The summed E-state index contributed by atoms with van der Waals surface area (Å²) in [6, 6.07) is 9.65. The van der Waals surface area contributed by atoms with Crippen molar-refractivity contribution in [2.75, 3.05) is 0 Å². The number of nitrogens with zero attached hydrogens (tertiary/aromatic N) is 2. The quantitative estimate of drug-likeness (QED) is 0.333. The normalized spacial score (nSPS) is 15.8. The van der Waals surface area contributed by atoms with E-state index in [9.17, 15) is 18.0 Å². The zero-order chi connectivity index (χ0) is 18.6. The van der Waals surface area contributed by atoms with Crippen LogP contribution in [0.5, 0.6) is 0 Å². The molecule has 4 rings (SSSR count). The van der Waals surface area contributed by atoms with Crippen LogP contribution < -0.4 is 0 Å². The number of hydrogen-bond donors (Lipinski definition) is 0. The molecule has 0 saturated heterocycles. The van der Waals surface area contributed by atoms with Gasteiger partial charge in [0.25, 0.3) is 0 Å². The first kappa shape index (κ1) is 17.5. The Hall–Kier alpha value is -1.87. The zero-order valence-corrected chi connectivity index (χ0v) is 16.1. The van der Waals surface area contributed by atoms with Gasteiger partial charge in [-0.15, -0.1) is 0 Å². The van der Waals surface area contributed by atoms with Crippen molar-refractivity contribution in [2.24, 2.45) is 5.16 Å². The number of benzene rings is 2. The smallest absolute Gasteiger partial charge is 0.340 e. The molecule has 9 heteroatoms. The van der Waals surface area contributed by atoms with E-state index in [1.807, 2.05) is 24.3 Å². The molecule has 0 amide bonds. The van der Waals surface area contributed by atoms with Crippen LogP contribution in [0.3, 0.4) is 0 Å². The lowest BCUT2D eigenvalue weighted by atomic mass is 10.0. The molecule has 26 heavy (non-hydrogen) atoms. The highest BCUT2D eigenvalue weighted by atomic mass is 79.9. The Balaban J connectivity index is 1.91. The summed E-state index contributed by atoms with van der Waals surface area (Å²) in [6.07, 6.45) is -4.73. The van der Waals surface area contributed by atoms with Crippen LogP contribution in [-0.4, -0.2) is 22.4 Å². The Morgan fingerprint density at radius 2 is 1.85 bits per heavy atom. The van der Waals surface area contributed by atoms with E-state index in [1.54, 1.807) is 6.07 Å². The molecule has 0 atom stereocenters. The van der Waals surface area contributed by atoms with Gasteiger partial charge in [0.15, 0.2) is 0 Å². The van der Waals surface area contributed by atoms with Gasteiger partial charge < -0.3 is 9.40 Å². The number of carbonyl (C=O) groups is 1. The van der Waals surface area contributed by atoms with Crippen LogP contribution in [0.1, 0.15) is 12.0 Å². The molecule has 1 aromatic heterocycles. The summed E-state index contributed by atoms with van der Waals surface area (Å²) in [5.41, 5.74) is 2.83. The van der Waals surface area contributed by atoms with Crippen molar-refractivity contribution >= 4 is 65.3 Å². The molecule has 134 valence electrons. The summed E-state index contributed by atoms with van der Waals surface area (Å²) in [5.74, 6) is -2.33. The summed E-state index contributed by atoms with van der Waals surface area (Å²) in [4.78, 5) is 15.1. The first-order valence-electron chi connectivity index (χ1n) is 7.52. The van der Waals surface area contributed by atoms with Crippen molar-refractivity contribution in [1.82, 2.24) is 4.57 Å². The third-order valence-corrected chi connectivity index (χ3v) is 5.19. The third kappa shape index (κ3) is 2.83. The molecule has 1 aliphatic heterocycles. The average Bonchev–Trinajstić information content (AvgIpc) is 2.87. The van der Waals surface area contributed by atoms with Crippen LogP contribution in [0, 0.1) is 0 Å². The number of oxime groups is 1. The predicted octanol–water partition coefficient (Wildman–Crippen LogP) is 5.53. The van der Waals surface area contributed by atoms with Gasteiger partial charge in [-0.05, 0) is 30.3 Å². The van der Waals surface area contributed by atoms with E-state index in [0.717, 1.165) is 30.8 Å². The van der Waals surface area contributed by atoms with Crippen LogP contribution in [-0.2, 0) is 16.2 Å². The fourth-order valence-electron chi connectivity index (χ4n) is 3.22. The summed E-state index contributed by atoms with van der Waals surface area (Å²) in [5, 5.41) is 5.47. The van der Waals surface area contributed by atoms with E-state index < -0.39 is 12.1 Å². The number of hydrogen-bond acceptors (Lipinski definition) is 3. The minimum atomic E-state index is -5.08. The van der Waals surface area contributed by atoms with E-state index in [0.29, 0.717) is 24.2 Å². The van der Waals surface area contributed by atoms with E-state index in [4.69, 9.17) is 0 Å². The molecule has 4 nitrogen and oxygen atoms in total. The van der Waals surface area contributed by atoms with Crippen LogP contribution in [0.15, 0.2) is 44.4 Å². The molecule has 3 aromatic rings. The number of alkyl halides is 3. The molecule has 2 aromatic carbocycles. The molecule has 0 fully saturated rings. The number of carbonyl (C=O) groups excluding carboxylic acids is 1. The third-order valence-electron chi connectivity index (χ3n) is 4.24. The predicted molar refractivity (Wildman–Crippen MR) is 98.1 cm³/mol. The first-order chi connectivity index (χ1) is 12.3. The second kappa shape index (κ2) is 6.09. The molecule has 0 aliphatic carbocycles. The van der Waals surface area contributed by atoms with Gasteiger partial charge in [-0.2, -0.15) is 13.2 Å². The molecule has 2 heterocycles. The number of halogens is 5. The molecule has 0 N–H and O–H groups in total. The Bertz CT molecular complexity index is 1100. The van der Waals surface area contributed by atoms with Crippen molar-refractivity contribution < 1.29 is 22.8 Å². The van der Waals surface area contributed by atoms with Crippen molar-refractivity contribution in [3.05, 3.63) is 44.8 Å². The maximum atomic E-state index is 12.4. The van der Waals surface area contributed by atoms with Gasteiger partial charge in [-0.3, -0.25) is 0 Å². The van der Waals surface area contributed by atoms with Crippen molar-refractivity contribution in [3.8, 4) is 0 Å². The van der Waals surface area contributed by atoms with E-state index in [-0.39, 0.29) is 0 Å². The fourth-order valence-corrected chi connectivity index (χ4v) is 4.04. The minimum absolute atomic E-state index is 0.309. The topological polar surface area (TPSA) is 43.6 Å². The molecule has 0 unspecified atom stereocenters. The van der Waals surface area contributed by atoms with Crippen LogP contribution in [0.25, 0.3) is 21.8 Å². The Morgan fingerprint density at radius 3 is 2.58 bits per heavy atom. The molecular weight excluding hydrogens is 481 g/mol. The summed E-state index contributed by atoms with van der Waals surface area (Å²) in [6.45, 7) is 0.526. The van der Waals surface area contributed by atoms with Gasteiger partial charge >= 0.3 is 12.1 Å². The number of aromatic nitrogens is 1. The van der Waals surface area contributed by atoms with Gasteiger partial charge in [0.05, 0.1) is 11.2 Å². The van der Waals surface area contributed by atoms with E-state index >= 15 is 0 Å². The fraction of sp³-hybridized carbons (Fsp3) is 0.176. The minimum Gasteiger partial charge on any atom is -0.340 e. The maximum Gasteiger partial charge on any atom is 0.493 e. The first-order valence-corrected chi connectivity index (χ1v) is 9.11. The lowest BCUT2D eigenvalue weighted by molar-refractivity contribution is -0.199. The molecule has 1 aliphatic rings. The molecule has 0 radical (unpaired) electrons. The standard InChI is InChI=1S/C17H9Br2F3N2O2/c18-8-1-2-14-10(5-8)11-6-9(19)7-12-13(3-4-24(14)15(11)12)23-26-16(25)17(20,21)22/h1-2,5-7H,3-4H2/b23-13+. The molecule has 0 spiro atoms. The monoisotopic (exact) mass is 488 g/mol. The Labute approximate surface area is 161 Å². The van der Waals surface area contributed by atoms with Gasteiger partial charge in [-0.25, -0.2) is 4.79 Å². The number of rotatable bonds is 1. The van der Waals surface area contributed by atoms with E-state index in [1.165, 1.54) is 0 Å². The second-order valence-electron chi connectivity index (χ2n) is 5.83. The Kier molecular flexibility index (Phi) is 4.11. The summed E-state index contributed by atoms with van der Waals surface area (Å²) < 4.78 is 40.8. The second-order valence-corrected chi connectivity index (χ2v) is 7.66. The van der Waals surface area contributed by atoms with Crippen LogP contribution in [0.2, 0.25) is 0 Å². The van der Waals surface area contributed by atoms with Crippen molar-refractivity contribution in [1.29, 1.82) is 0 Å². The lowest BCUT2D eigenvalue weighted by Gasteiger charge is -2.18.